The second-order valence-corrected chi connectivity index (χ2v) is 7.45. The van der Waals surface area contributed by atoms with Crippen molar-refractivity contribution < 1.29 is 19.1 Å². The van der Waals surface area contributed by atoms with E-state index in [1.807, 2.05) is 42.3 Å². The van der Waals surface area contributed by atoms with Crippen molar-refractivity contribution in [3.8, 4) is 5.75 Å². The Morgan fingerprint density at radius 3 is 2.47 bits per heavy atom. The van der Waals surface area contributed by atoms with Crippen LogP contribution in [0, 0.1) is 0 Å². The van der Waals surface area contributed by atoms with Crippen LogP contribution in [-0.2, 0) is 16.1 Å². The molecule has 1 amide bonds. The van der Waals surface area contributed by atoms with Gasteiger partial charge in [0.25, 0.3) is 0 Å². The van der Waals surface area contributed by atoms with Crippen molar-refractivity contribution in [1.29, 1.82) is 0 Å². The van der Waals surface area contributed by atoms with Crippen molar-refractivity contribution in [2.45, 2.75) is 13.5 Å². The van der Waals surface area contributed by atoms with E-state index in [-0.39, 0.29) is 18.2 Å². The van der Waals surface area contributed by atoms with Crippen LogP contribution in [0.15, 0.2) is 42.5 Å². The van der Waals surface area contributed by atoms with Crippen LogP contribution in [0.25, 0.3) is 0 Å². The summed E-state index contributed by atoms with van der Waals surface area (Å²) in [4.78, 5) is 28.3. The van der Waals surface area contributed by atoms with Crippen molar-refractivity contribution >= 4 is 23.1 Å². The van der Waals surface area contributed by atoms with Gasteiger partial charge in [0.1, 0.15) is 5.75 Å². The molecule has 160 valence electrons. The lowest BCUT2D eigenvalue weighted by molar-refractivity contribution is -0.117. The molecule has 0 radical (unpaired) electrons. The van der Waals surface area contributed by atoms with E-state index in [0.29, 0.717) is 17.9 Å². The first-order chi connectivity index (χ1) is 14.5. The smallest absolute Gasteiger partial charge is 0.238 e. The van der Waals surface area contributed by atoms with Crippen molar-refractivity contribution in [1.82, 2.24) is 4.90 Å². The molecule has 3 rings (SSSR count). The van der Waals surface area contributed by atoms with Gasteiger partial charge in [0, 0.05) is 42.1 Å². The molecule has 1 heterocycles. The standard InChI is InChI=1S/C23H29N3O4/c1-17(27)18-4-9-22(29-3)19(14-18)15-25(2)16-23(28)24-20-5-7-21(8-6-20)26-10-12-30-13-11-26/h4-9,14H,10-13,15-16H2,1-3H3,(H,24,28). The lowest BCUT2D eigenvalue weighted by Crippen LogP contribution is -2.36. The summed E-state index contributed by atoms with van der Waals surface area (Å²) in [6.07, 6.45) is 0. The van der Waals surface area contributed by atoms with Gasteiger partial charge in [-0.3, -0.25) is 14.5 Å². The van der Waals surface area contributed by atoms with E-state index in [0.717, 1.165) is 43.2 Å². The predicted molar refractivity (Wildman–Crippen MR) is 117 cm³/mol. The van der Waals surface area contributed by atoms with E-state index in [1.54, 1.807) is 19.2 Å². The van der Waals surface area contributed by atoms with Crippen LogP contribution in [0.3, 0.4) is 0 Å². The second-order valence-electron chi connectivity index (χ2n) is 7.45. The minimum absolute atomic E-state index is 0.000162. The summed E-state index contributed by atoms with van der Waals surface area (Å²) in [7, 11) is 3.46. The molecule has 1 N–H and O–H groups in total. The highest BCUT2D eigenvalue weighted by Gasteiger charge is 2.14. The molecule has 1 aliphatic rings. The molecule has 0 spiro atoms. The van der Waals surface area contributed by atoms with Crippen LogP contribution in [0.1, 0.15) is 22.8 Å². The number of likely N-dealkylation sites (N-methyl/N-ethyl adjacent to an activating group) is 1. The number of anilines is 2. The Morgan fingerprint density at radius 2 is 1.83 bits per heavy atom. The van der Waals surface area contributed by atoms with Gasteiger partial charge in [-0.2, -0.15) is 0 Å². The minimum Gasteiger partial charge on any atom is -0.496 e. The fourth-order valence-corrected chi connectivity index (χ4v) is 3.49. The molecule has 7 nitrogen and oxygen atoms in total. The first-order valence-corrected chi connectivity index (χ1v) is 10.1. The average molecular weight is 412 g/mol. The van der Waals surface area contributed by atoms with Crippen LogP contribution in [0.5, 0.6) is 5.75 Å². The molecular formula is C23H29N3O4. The van der Waals surface area contributed by atoms with Crippen LogP contribution in [0.4, 0.5) is 11.4 Å². The number of ether oxygens (including phenoxy) is 2. The molecule has 7 heteroatoms. The van der Waals surface area contributed by atoms with Gasteiger partial charge in [-0.1, -0.05) is 0 Å². The molecule has 1 aliphatic heterocycles. The number of benzene rings is 2. The maximum atomic E-state index is 12.5. The summed E-state index contributed by atoms with van der Waals surface area (Å²) >= 11 is 0. The first kappa shape index (κ1) is 21.8. The van der Waals surface area contributed by atoms with Crippen molar-refractivity contribution in [3.63, 3.8) is 0 Å². The van der Waals surface area contributed by atoms with Crippen LogP contribution in [-0.4, -0.2) is 63.6 Å². The zero-order valence-corrected chi connectivity index (χ0v) is 17.8. The summed E-state index contributed by atoms with van der Waals surface area (Å²) in [6, 6.07) is 13.2. The number of nitrogens with zero attached hydrogens (tertiary/aromatic N) is 2. The molecule has 0 unspecified atom stereocenters. The molecule has 1 fully saturated rings. The zero-order valence-electron chi connectivity index (χ0n) is 17.8. The largest absolute Gasteiger partial charge is 0.496 e. The number of rotatable bonds is 8. The lowest BCUT2D eigenvalue weighted by atomic mass is 10.1. The highest BCUT2D eigenvalue weighted by molar-refractivity contribution is 5.94. The number of carbonyl (C=O) groups is 2. The molecule has 0 saturated carbocycles. The Bertz CT molecular complexity index is 877. The van der Waals surface area contributed by atoms with Crippen molar-refractivity contribution in [2.24, 2.45) is 0 Å². The number of methoxy groups -OCH3 is 1. The SMILES string of the molecule is COc1ccc(C(C)=O)cc1CN(C)CC(=O)Nc1ccc(N2CCOCC2)cc1. The van der Waals surface area contributed by atoms with Crippen LogP contribution in [0.2, 0.25) is 0 Å². The molecule has 30 heavy (non-hydrogen) atoms. The van der Waals surface area contributed by atoms with Gasteiger partial charge in [0.15, 0.2) is 5.78 Å². The third-order valence-electron chi connectivity index (χ3n) is 5.07. The fraction of sp³-hybridized carbons (Fsp3) is 0.391. The summed E-state index contributed by atoms with van der Waals surface area (Å²) in [5, 5.41) is 2.94. The number of hydrogen-bond donors (Lipinski definition) is 1. The van der Waals surface area contributed by atoms with E-state index in [4.69, 9.17) is 9.47 Å². The summed E-state index contributed by atoms with van der Waals surface area (Å²) in [5.41, 5.74) is 3.40. The molecular weight excluding hydrogens is 382 g/mol. The Labute approximate surface area is 177 Å². The topological polar surface area (TPSA) is 71.1 Å². The van der Waals surface area contributed by atoms with Crippen molar-refractivity contribution in [2.75, 3.05) is 57.2 Å². The molecule has 0 aliphatic carbocycles. The van der Waals surface area contributed by atoms with E-state index < -0.39 is 0 Å². The lowest BCUT2D eigenvalue weighted by Gasteiger charge is -2.28. The average Bonchev–Trinajstić information content (AvgIpc) is 2.74. The number of hydrogen-bond acceptors (Lipinski definition) is 6. The third kappa shape index (κ3) is 5.81. The van der Waals surface area contributed by atoms with Gasteiger partial charge in [-0.25, -0.2) is 0 Å². The molecule has 2 aromatic carbocycles. The molecule has 2 aromatic rings. The third-order valence-corrected chi connectivity index (χ3v) is 5.07. The Kier molecular flexibility index (Phi) is 7.43. The number of ketones is 1. The second kappa shape index (κ2) is 10.2. The summed E-state index contributed by atoms with van der Waals surface area (Å²) < 4.78 is 10.8. The van der Waals surface area contributed by atoms with Gasteiger partial charge < -0.3 is 19.7 Å². The van der Waals surface area contributed by atoms with E-state index in [2.05, 4.69) is 10.2 Å². The summed E-state index contributed by atoms with van der Waals surface area (Å²) in [5.74, 6) is 0.601. The fourth-order valence-electron chi connectivity index (χ4n) is 3.49. The Hall–Kier alpha value is -2.90. The van der Waals surface area contributed by atoms with Gasteiger partial charge >= 0.3 is 0 Å². The van der Waals surface area contributed by atoms with Gasteiger partial charge in [0.05, 0.1) is 26.9 Å². The van der Waals surface area contributed by atoms with Crippen molar-refractivity contribution in [3.05, 3.63) is 53.6 Å². The van der Waals surface area contributed by atoms with Crippen LogP contribution >= 0.6 is 0 Å². The molecule has 0 bridgehead atoms. The number of amides is 1. The quantitative estimate of drug-likeness (QED) is 0.674. The van der Waals surface area contributed by atoms with Crippen LogP contribution < -0.4 is 15.0 Å². The maximum absolute atomic E-state index is 12.5. The zero-order chi connectivity index (χ0) is 21.5. The minimum atomic E-state index is -0.0988. The van der Waals surface area contributed by atoms with Gasteiger partial charge in [-0.15, -0.1) is 0 Å². The van der Waals surface area contributed by atoms with Gasteiger partial charge in [-0.05, 0) is 56.4 Å². The number of carbonyl (C=O) groups excluding carboxylic acids is 2. The molecule has 1 saturated heterocycles. The predicted octanol–water partition coefficient (Wildman–Crippen LogP) is 2.80. The van der Waals surface area contributed by atoms with E-state index >= 15 is 0 Å². The van der Waals surface area contributed by atoms with Gasteiger partial charge in [0.2, 0.25) is 5.91 Å². The number of morpholine rings is 1. The van der Waals surface area contributed by atoms with E-state index in [9.17, 15) is 9.59 Å². The highest BCUT2D eigenvalue weighted by Crippen LogP contribution is 2.22. The normalized spacial score (nSPS) is 13.9. The summed E-state index contributed by atoms with van der Waals surface area (Å²) in [6.45, 7) is 5.49. The molecule has 0 aromatic heterocycles. The maximum Gasteiger partial charge on any atom is 0.238 e. The Balaban J connectivity index is 1.55. The first-order valence-electron chi connectivity index (χ1n) is 10.1. The number of nitrogens with one attached hydrogen (secondary N) is 1. The molecule has 0 atom stereocenters. The van der Waals surface area contributed by atoms with E-state index in [1.165, 1.54) is 6.92 Å². The Morgan fingerprint density at radius 1 is 1.13 bits per heavy atom. The monoisotopic (exact) mass is 411 g/mol. The number of Topliss-reactive ketones (excluding diaryl/α,β-unsaturated/α-hetero) is 1. The highest BCUT2D eigenvalue weighted by atomic mass is 16.5.